The lowest BCUT2D eigenvalue weighted by Crippen LogP contribution is -2.28. The molecule has 2 aromatic rings. The maximum absolute atomic E-state index is 12.2. The van der Waals surface area contributed by atoms with Gasteiger partial charge in [0.15, 0.2) is 0 Å². The Balaban J connectivity index is 2.48. The van der Waals surface area contributed by atoms with Crippen LogP contribution < -0.4 is 4.74 Å². The van der Waals surface area contributed by atoms with Crippen molar-refractivity contribution in [3.63, 3.8) is 0 Å². The predicted molar refractivity (Wildman–Crippen MR) is 67.4 cm³/mol. The van der Waals surface area contributed by atoms with Gasteiger partial charge in [-0.05, 0) is 23.8 Å². The molecule has 0 unspecified atom stereocenters. The summed E-state index contributed by atoms with van der Waals surface area (Å²) < 4.78 is 41.0. The van der Waals surface area contributed by atoms with Crippen LogP contribution in [0.15, 0.2) is 41.3 Å². The van der Waals surface area contributed by atoms with Crippen molar-refractivity contribution in [2.45, 2.75) is 11.1 Å². The standard InChI is InChI=1S/C13H9F3O2S/c1-19-11-7-6-10(18-12(17)13(14,15)16)8-4-2-3-5-9(8)11/h2-7H,1H3. The molecule has 0 aliphatic carbocycles. The molecule has 0 aliphatic rings. The molecule has 0 spiro atoms. The molecular weight excluding hydrogens is 277 g/mol. The van der Waals surface area contributed by atoms with E-state index < -0.39 is 12.1 Å². The van der Waals surface area contributed by atoms with Crippen LogP contribution in [0.4, 0.5) is 13.2 Å². The summed E-state index contributed by atoms with van der Waals surface area (Å²) >= 11 is 1.47. The van der Waals surface area contributed by atoms with Gasteiger partial charge in [-0.1, -0.05) is 24.3 Å². The van der Waals surface area contributed by atoms with Crippen LogP contribution in [0.25, 0.3) is 10.8 Å². The second-order valence-electron chi connectivity index (χ2n) is 3.70. The van der Waals surface area contributed by atoms with Gasteiger partial charge in [-0.3, -0.25) is 0 Å². The number of halogens is 3. The summed E-state index contributed by atoms with van der Waals surface area (Å²) in [4.78, 5) is 11.8. The molecule has 0 saturated carbocycles. The summed E-state index contributed by atoms with van der Waals surface area (Å²) in [5.74, 6) is -2.30. The van der Waals surface area contributed by atoms with E-state index >= 15 is 0 Å². The number of rotatable bonds is 2. The van der Waals surface area contributed by atoms with E-state index in [0.29, 0.717) is 5.39 Å². The van der Waals surface area contributed by atoms with Crippen LogP contribution in [-0.2, 0) is 4.79 Å². The van der Waals surface area contributed by atoms with E-state index in [9.17, 15) is 18.0 Å². The number of thioether (sulfide) groups is 1. The zero-order valence-electron chi connectivity index (χ0n) is 9.82. The van der Waals surface area contributed by atoms with E-state index in [4.69, 9.17) is 0 Å². The fourth-order valence-electron chi connectivity index (χ4n) is 1.67. The van der Waals surface area contributed by atoms with Crippen LogP contribution in [0.5, 0.6) is 5.75 Å². The smallest absolute Gasteiger partial charge is 0.419 e. The third-order valence-electron chi connectivity index (χ3n) is 2.50. The minimum Gasteiger partial charge on any atom is -0.419 e. The quantitative estimate of drug-likeness (QED) is 0.473. The summed E-state index contributed by atoms with van der Waals surface area (Å²) in [5.41, 5.74) is 0. The van der Waals surface area contributed by atoms with Crippen molar-refractivity contribution < 1.29 is 22.7 Å². The van der Waals surface area contributed by atoms with Gasteiger partial charge < -0.3 is 4.74 Å². The number of alkyl halides is 3. The Morgan fingerprint density at radius 2 is 1.74 bits per heavy atom. The van der Waals surface area contributed by atoms with E-state index in [1.807, 2.05) is 6.26 Å². The largest absolute Gasteiger partial charge is 0.491 e. The van der Waals surface area contributed by atoms with Gasteiger partial charge in [-0.25, -0.2) is 4.79 Å². The zero-order valence-corrected chi connectivity index (χ0v) is 10.6. The van der Waals surface area contributed by atoms with Gasteiger partial charge in [-0.2, -0.15) is 13.2 Å². The molecule has 0 heterocycles. The summed E-state index contributed by atoms with van der Waals surface area (Å²) in [7, 11) is 0. The van der Waals surface area contributed by atoms with Crippen molar-refractivity contribution in [2.24, 2.45) is 0 Å². The summed E-state index contributed by atoms with van der Waals surface area (Å²) in [6.45, 7) is 0. The predicted octanol–water partition coefficient (Wildman–Crippen LogP) is 4.03. The van der Waals surface area contributed by atoms with Crippen LogP contribution in [0.3, 0.4) is 0 Å². The molecular formula is C13H9F3O2S. The molecule has 0 radical (unpaired) electrons. The first kappa shape index (κ1) is 13.7. The highest BCUT2D eigenvalue weighted by Crippen LogP contribution is 2.33. The zero-order chi connectivity index (χ0) is 14.0. The lowest BCUT2D eigenvalue weighted by molar-refractivity contribution is -0.189. The molecule has 0 aliphatic heterocycles. The minimum atomic E-state index is -5.00. The molecule has 0 atom stereocenters. The molecule has 2 nitrogen and oxygen atoms in total. The molecule has 0 N–H and O–H groups in total. The van der Waals surface area contributed by atoms with Gasteiger partial charge in [0.25, 0.3) is 0 Å². The van der Waals surface area contributed by atoms with Gasteiger partial charge in [0, 0.05) is 10.3 Å². The fraction of sp³-hybridized carbons (Fsp3) is 0.154. The third kappa shape index (κ3) is 2.84. The van der Waals surface area contributed by atoms with E-state index in [1.165, 1.54) is 17.8 Å². The second-order valence-corrected chi connectivity index (χ2v) is 4.55. The number of benzene rings is 2. The lowest BCUT2D eigenvalue weighted by atomic mass is 10.1. The topological polar surface area (TPSA) is 26.3 Å². The van der Waals surface area contributed by atoms with Crippen LogP contribution in [0.1, 0.15) is 0 Å². The Kier molecular flexibility index (Phi) is 3.71. The number of ether oxygens (including phenoxy) is 1. The summed E-state index contributed by atoms with van der Waals surface area (Å²) in [6, 6.07) is 9.85. The van der Waals surface area contributed by atoms with E-state index in [-0.39, 0.29) is 5.75 Å². The normalized spacial score (nSPS) is 11.6. The Morgan fingerprint density at radius 3 is 2.32 bits per heavy atom. The number of carbonyl (C=O) groups excluding carboxylic acids is 1. The summed E-state index contributed by atoms with van der Waals surface area (Å²) in [6.07, 6.45) is -3.14. The number of hydrogen-bond acceptors (Lipinski definition) is 3. The molecule has 2 rings (SSSR count). The van der Waals surface area contributed by atoms with Crippen molar-refractivity contribution in [3.8, 4) is 5.75 Å². The van der Waals surface area contributed by atoms with E-state index in [2.05, 4.69) is 4.74 Å². The first-order chi connectivity index (χ1) is 8.93. The highest BCUT2D eigenvalue weighted by molar-refractivity contribution is 7.98. The van der Waals surface area contributed by atoms with Crippen LogP contribution in [0, 0.1) is 0 Å². The molecule has 0 fully saturated rings. The molecule has 0 bridgehead atoms. The van der Waals surface area contributed by atoms with Gasteiger partial charge in [0.2, 0.25) is 0 Å². The third-order valence-corrected chi connectivity index (χ3v) is 3.29. The van der Waals surface area contributed by atoms with Crippen molar-refractivity contribution >= 4 is 28.5 Å². The van der Waals surface area contributed by atoms with E-state index in [0.717, 1.165) is 10.3 Å². The molecule has 100 valence electrons. The number of fused-ring (bicyclic) bond motifs is 1. The van der Waals surface area contributed by atoms with Crippen molar-refractivity contribution in [2.75, 3.05) is 6.26 Å². The fourth-order valence-corrected chi connectivity index (χ4v) is 2.27. The molecule has 6 heteroatoms. The van der Waals surface area contributed by atoms with Gasteiger partial charge >= 0.3 is 12.1 Å². The van der Waals surface area contributed by atoms with Gasteiger partial charge in [0.1, 0.15) is 5.75 Å². The van der Waals surface area contributed by atoms with Gasteiger partial charge in [-0.15, -0.1) is 11.8 Å². The highest BCUT2D eigenvalue weighted by atomic mass is 32.2. The Labute approximate surface area is 111 Å². The SMILES string of the molecule is CSc1ccc(OC(=O)C(F)(F)F)c2ccccc12. The first-order valence-corrected chi connectivity index (χ1v) is 6.50. The maximum atomic E-state index is 12.2. The van der Waals surface area contributed by atoms with Crippen molar-refractivity contribution in [1.29, 1.82) is 0 Å². The molecule has 0 aromatic heterocycles. The monoisotopic (exact) mass is 286 g/mol. The van der Waals surface area contributed by atoms with Crippen LogP contribution >= 0.6 is 11.8 Å². The number of carbonyl (C=O) groups is 1. The first-order valence-electron chi connectivity index (χ1n) is 5.28. The Bertz CT molecular complexity index is 623. The minimum absolute atomic E-state index is 0.0873. The van der Waals surface area contributed by atoms with Crippen molar-refractivity contribution in [3.05, 3.63) is 36.4 Å². The van der Waals surface area contributed by atoms with Crippen molar-refractivity contribution in [1.82, 2.24) is 0 Å². The van der Waals surface area contributed by atoms with Gasteiger partial charge in [0.05, 0.1) is 0 Å². The average molecular weight is 286 g/mol. The maximum Gasteiger partial charge on any atom is 0.491 e. The van der Waals surface area contributed by atoms with Crippen LogP contribution in [-0.4, -0.2) is 18.4 Å². The van der Waals surface area contributed by atoms with E-state index in [1.54, 1.807) is 30.3 Å². The summed E-state index contributed by atoms with van der Waals surface area (Å²) in [5, 5.41) is 1.23. The Morgan fingerprint density at radius 1 is 1.11 bits per heavy atom. The van der Waals surface area contributed by atoms with Crippen LogP contribution in [0.2, 0.25) is 0 Å². The lowest BCUT2D eigenvalue weighted by Gasteiger charge is -2.11. The average Bonchev–Trinajstić information content (AvgIpc) is 2.38. The molecule has 0 amide bonds. The Hall–Kier alpha value is -1.69. The number of esters is 1. The second kappa shape index (κ2) is 5.13. The number of hydrogen-bond donors (Lipinski definition) is 0. The molecule has 0 saturated heterocycles. The molecule has 19 heavy (non-hydrogen) atoms. The molecule has 2 aromatic carbocycles. The highest BCUT2D eigenvalue weighted by Gasteiger charge is 2.41.